The summed E-state index contributed by atoms with van der Waals surface area (Å²) in [5, 5.41) is 12.6. The van der Waals surface area contributed by atoms with Crippen molar-refractivity contribution in [2.24, 2.45) is 0 Å². The van der Waals surface area contributed by atoms with Crippen LogP contribution in [0.25, 0.3) is 0 Å². The van der Waals surface area contributed by atoms with E-state index in [0.717, 1.165) is 44.6 Å². The number of carbonyl (C=O) groups excluding carboxylic acids is 1. The van der Waals surface area contributed by atoms with Gasteiger partial charge in [0.05, 0.1) is 12.6 Å². The summed E-state index contributed by atoms with van der Waals surface area (Å²) in [5.41, 5.74) is -0.389. The van der Waals surface area contributed by atoms with Crippen LogP contribution in [-0.4, -0.2) is 28.9 Å². The predicted octanol–water partition coefficient (Wildman–Crippen LogP) is 3.66. The standard InChI is InChI=1S/C20H25F2N3O/c21-16-6-5-15(18(22)11-16)12-25(17-7-8-17)13-19(26)24-20(14-23)9-3-1-2-4-10-20/h5-6,11,17H,1-4,7-10,12-13H2,(H,24,26). The monoisotopic (exact) mass is 361 g/mol. The van der Waals surface area contributed by atoms with Crippen LogP contribution in [0, 0.1) is 23.0 Å². The van der Waals surface area contributed by atoms with Crippen molar-refractivity contribution in [3.8, 4) is 6.07 Å². The molecular formula is C20H25F2N3O. The lowest BCUT2D eigenvalue weighted by Gasteiger charge is -2.28. The first-order valence-corrected chi connectivity index (χ1v) is 9.42. The molecule has 1 amide bonds. The molecule has 4 nitrogen and oxygen atoms in total. The summed E-state index contributed by atoms with van der Waals surface area (Å²) in [6.45, 7) is 0.397. The van der Waals surface area contributed by atoms with Gasteiger partial charge < -0.3 is 5.32 Å². The summed E-state index contributed by atoms with van der Waals surface area (Å²) in [6, 6.07) is 6.11. The molecule has 3 rings (SSSR count). The lowest BCUT2D eigenvalue weighted by atomic mass is 9.92. The second kappa shape index (κ2) is 8.13. The molecule has 0 saturated heterocycles. The summed E-state index contributed by atoms with van der Waals surface area (Å²) in [5.74, 6) is -1.39. The van der Waals surface area contributed by atoms with E-state index in [-0.39, 0.29) is 25.0 Å². The molecule has 0 aromatic heterocycles. The topological polar surface area (TPSA) is 56.1 Å². The third kappa shape index (κ3) is 4.79. The van der Waals surface area contributed by atoms with Gasteiger partial charge in [-0.15, -0.1) is 0 Å². The molecule has 2 saturated carbocycles. The second-order valence-corrected chi connectivity index (χ2v) is 7.53. The van der Waals surface area contributed by atoms with Gasteiger partial charge in [-0.25, -0.2) is 8.78 Å². The van der Waals surface area contributed by atoms with E-state index in [1.165, 1.54) is 12.1 Å². The minimum Gasteiger partial charge on any atom is -0.337 e. The first-order chi connectivity index (χ1) is 12.5. The SMILES string of the molecule is N#CC1(NC(=O)CN(Cc2ccc(F)cc2F)C2CC2)CCCCCC1. The predicted molar refractivity (Wildman–Crippen MR) is 94.0 cm³/mol. The summed E-state index contributed by atoms with van der Waals surface area (Å²) < 4.78 is 27.0. The van der Waals surface area contributed by atoms with Gasteiger partial charge in [0, 0.05) is 24.2 Å². The van der Waals surface area contributed by atoms with Crippen molar-refractivity contribution in [1.82, 2.24) is 10.2 Å². The van der Waals surface area contributed by atoms with Crippen molar-refractivity contribution in [3.63, 3.8) is 0 Å². The smallest absolute Gasteiger partial charge is 0.235 e. The van der Waals surface area contributed by atoms with Gasteiger partial charge in [-0.2, -0.15) is 5.26 Å². The molecule has 1 aromatic rings. The fourth-order valence-corrected chi connectivity index (χ4v) is 3.71. The van der Waals surface area contributed by atoms with Crippen LogP contribution in [0.1, 0.15) is 56.9 Å². The third-order valence-corrected chi connectivity index (χ3v) is 5.35. The van der Waals surface area contributed by atoms with E-state index in [0.29, 0.717) is 18.4 Å². The van der Waals surface area contributed by atoms with Gasteiger partial charge in [-0.05, 0) is 31.7 Å². The molecule has 0 bridgehead atoms. The van der Waals surface area contributed by atoms with Crippen LogP contribution in [-0.2, 0) is 11.3 Å². The van der Waals surface area contributed by atoms with Crippen LogP contribution in [0.4, 0.5) is 8.78 Å². The van der Waals surface area contributed by atoms with Crippen LogP contribution < -0.4 is 5.32 Å². The Morgan fingerprint density at radius 3 is 2.50 bits per heavy atom. The molecule has 0 atom stereocenters. The highest BCUT2D eigenvalue weighted by molar-refractivity contribution is 5.79. The van der Waals surface area contributed by atoms with E-state index in [4.69, 9.17) is 0 Å². The van der Waals surface area contributed by atoms with E-state index in [2.05, 4.69) is 11.4 Å². The van der Waals surface area contributed by atoms with Gasteiger partial charge in [-0.3, -0.25) is 9.69 Å². The molecule has 6 heteroatoms. The summed E-state index contributed by atoms with van der Waals surface area (Å²) >= 11 is 0. The molecule has 0 aliphatic heterocycles. The number of hydrogen-bond acceptors (Lipinski definition) is 3. The Kier molecular flexibility index (Phi) is 5.87. The van der Waals surface area contributed by atoms with Gasteiger partial charge in [0.15, 0.2) is 0 Å². The average Bonchev–Trinajstić information content (AvgIpc) is 3.44. The zero-order chi connectivity index (χ0) is 18.6. The molecule has 0 spiro atoms. The minimum atomic E-state index is -0.774. The average molecular weight is 361 g/mol. The molecular weight excluding hydrogens is 336 g/mol. The van der Waals surface area contributed by atoms with Gasteiger partial charge in [0.2, 0.25) is 5.91 Å². The van der Waals surface area contributed by atoms with Gasteiger partial charge in [0.1, 0.15) is 17.2 Å². The Bertz CT molecular complexity index is 689. The van der Waals surface area contributed by atoms with Gasteiger partial charge in [-0.1, -0.05) is 31.7 Å². The largest absolute Gasteiger partial charge is 0.337 e. The van der Waals surface area contributed by atoms with Gasteiger partial charge >= 0.3 is 0 Å². The first kappa shape index (κ1) is 18.8. The van der Waals surface area contributed by atoms with Crippen LogP contribution in [0.3, 0.4) is 0 Å². The van der Waals surface area contributed by atoms with Crippen LogP contribution in [0.15, 0.2) is 18.2 Å². The first-order valence-electron chi connectivity index (χ1n) is 9.42. The van der Waals surface area contributed by atoms with E-state index in [9.17, 15) is 18.8 Å². The molecule has 2 aliphatic rings. The Labute approximate surface area is 153 Å². The third-order valence-electron chi connectivity index (χ3n) is 5.35. The summed E-state index contributed by atoms with van der Waals surface area (Å²) in [7, 11) is 0. The number of nitriles is 1. The number of hydrogen-bond donors (Lipinski definition) is 1. The molecule has 2 fully saturated rings. The maximum atomic E-state index is 14.0. The van der Waals surface area contributed by atoms with E-state index < -0.39 is 17.2 Å². The molecule has 0 radical (unpaired) electrons. The van der Waals surface area contributed by atoms with Crippen molar-refractivity contribution in [2.45, 2.75) is 69.5 Å². The summed E-state index contributed by atoms with van der Waals surface area (Å²) in [6.07, 6.45) is 7.39. The van der Waals surface area contributed by atoms with Crippen molar-refractivity contribution in [1.29, 1.82) is 5.26 Å². The summed E-state index contributed by atoms with van der Waals surface area (Å²) in [4.78, 5) is 14.5. The van der Waals surface area contributed by atoms with Gasteiger partial charge in [0.25, 0.3) is 0 Å². The second-order valence-electron chi connectivity index (χ2n) is 7.53. The number of nitrogens with one attached hydrogen (secondary N) is 1. The number of rotatable bonds is 6. The highest BCUT2D eigenvalue weighted by Crippen LogP contribution is 2.30. The Hall–Kier alpha value is -2.00. The minimum absolute atomic E-state index is 0.130. The Morgan fingerprint density at radius 1 is 1.23 bits per heavy atom. The molecule has 1 N–H and O–H groups in total. The molecule has 26 heavy (non-hydrogen) atoms. The molecule has 0 unspecified atom stereocenters. The molecule has 0 heterocycles. The number of amides is 1. The Balaban J connectivity index is 1.64. The van der Waals surface area contributed by atoms with E-state index in [1.54, 1.807) is 0 Å². The number of nitrogens with zero attached hydrogens (tertiary/aromatic N) is 2. The lowest BCUT2D eigenvalue weighted by molar-refractivity contribution is -0.124. The number of carbonyl (C=O) groups is 1. The van der Waals surface area contributed by atoms with Crippen molar-refractivity contribution in [2.75, 3.05) is 6.54 Å². The number of benzene rings is 1. The van der Waals surface area contributed by atoms with Crippen LogP contribution in [0.5, 0.6) is 0 Å². The lowest BCUT2D eigenvalue weighted by Crippen LogP contribution is -2.50. The Morgan fingerprint density at radius 2 is 1.92 bits per heavy atom. The molecule has 2 aliphatic carbocycles. The van der Waals surface area contributed by atoms with E-state index in [1.807, 2.05) is 4.90 Å². The molecule has 1 aromatic carbocycles. The quantitative estimate of drug-likeness (QED) is 0.787. The van der Waals surface area contributed by atoms with Crippen LogP contribution in [0.2, 0.25) is 0 Å². The normalized spacial score (nSPS) is 19.6. The fraction of sp³-hybridized carbons (Fsp3) is 0.600. The number of halogens is 2. The maximum absolute atomic E-state index is 14.0. The highest BCUT2D eigenvalue weighted by Gasteiger charge is 2.35. The van der Waals surface area contributed by atoms with Crippen molar-refractivity contribution >= 4 is 5.91 Å². The highest BCUT2D eigenvalue weighted by atomic mass is 19.1. The zero-order valence-corrected chi connectivity index (χ0v) is 14.9. The fourth-order valence-electron chi connectivity index (χ4n) is 3.71. The molecule has 140 valence electrons. The van der Waals surface area contributed by atoms with Crippen LogP contribution >= 0.6 is 0 Å². The van der Waals surface area contributed by atoms with Crippen molar-refractivity contribution in [3.05, 3.63) is 35.4 Å². The zero-order valence-electron chi connectivity index (χ0n) is 14.9. The van der Waals surface area contributed by atoms with Crippen molar-refractivity contribution < 1.29 is 13.6 Å². The maximum Gasteiger partial charge on any atom is 0.235 e. The van der Waals surface area contributed by atoms with E-state index >= 15 is 0 Å².